The average Bonchev–Trinajstić information content (AvgIpc) is 2.55. The van der Waals surface area contributed by atoms with Crippen LogP contribution in [0.25, 0.3) is 0 Å². The molecule has 0 saturated carbocycles. The first-order valence-electron chi connectivity index (χ1n) is 7.60. The fourth-order valence-electron chi connectivity index (χ4n) is 2.38. The van der Waals surface area contributed by atoms with E-state index < -0.39 is 0 Å². The summed E-state index contributed by atoms with van der Waals surface area (Å²) in [5.74, 6) is 0.856. The van der Waals surface area contributed by atoms with Crippen molar-refractivity contribution in [1.82, 2.24) is 10.2 Å². The zero-order valence-electron chi connectivity index (χ0n) is 14.0. The lowest BCUT2D eigenvalue weighted by molar-refractivity contribution is 0.298. The molecule has 0 aliphatic rings. The predicted octanol–water partition coefficient (Wildman–Crippen LogP) is 4.05. The monoisotopic (exact) mass is 407 g/mol. The molecule has 0 bridgehead atoms. The van der Waals surface area contributed by atoms with Crippen molar-refractivity contribution in [3.63, 3.8) is 0 Å². The third-order valence-electron chi connectivity index (χ3n) is 3.64. The Hall–Kier alpha value is -1.63. The molecule has 0 unspecified atom stereocenters. The minimum Gasteiger partial charge on any atom is -0.497 e. The smallest absolute Gasteiger partial charge is 0.170 e. The van der Waals surface area contributed by atoms with E-state index >= 15 is 0 Å². The lowest BCUT2D eigenvalue weighted by Gasteiger charge is -2.26. The maximum absolute atomic E-state index is 5.40. The number of hydrogen-bond acceptors (Lipinski definition) is 3. The second-order valence-corrected chi connectivity index (χ2v) is 6.93. The summed E-state index contributed by atoms with van der Waals surface area (Å²) in [6, 6.07) is 16.2. The fraction of sp³-hybridized carbons (Fsp3) is 0.278. The van der Waals surface area contributed by atoms with E-state index in [1.165, 1.54) is 5.56 Å². The molecule has 0 aliphatic carbocycles. The van der Waals surface area contributed by atoms with Gasteiger partial charge >= 0.3 is 0 Å². The highest BCUT2D eigenvalue weighted by molar-refractivity contribution is 9.10. The molecule has 0 radical (unpaired) electrons. The highest BCUT2D eigenvalue weighted by Crippen LogP contribution is 2.22. The van der Waals surface area contributed by atoms with Crippen LogP contribution in [0.2, 0.25) is 0 Å². The van der Waals surface area contributed by atoms with Gasteiger partial charge in [0.05, 0.1) is 13.2 Å². The van der Waals surface area contributed by atoms with Crippen LogP contribution >= 0.6 is 28.1 Å². The average molecular weight is 408 g/mol. The molecule has 0 heterocycles. The van der Waals surface area contributed by atoms with Crippen molar-refractivity contribution in [2.24, 2.45) is 0 Å². The summed E-state index contributed by atoms with van der Waals surface area (Å²) in [6.45, 7) is 0.694. The van der Waals surface area contributed by atoms with E-state index in [0.717, 1.165) is 15.9 Å². The summed E-state index contributed by atoms with van der Waals surface area (Å²) in [5.41, 5.74) is 2.13. The molecular weight excluding hydrogens is 386 g/mol. The lowest BCUT2D eigenvalue weighted by atomic mass is 10.1. The number of rotatable bonds is 6. The van der Waals surface area contributed by atoms with Gasteiger partial charge < -0.3 is 20.3 Å². The Morgan fingerprint density at radius 3 is 2.62 bits per heavy atom. The molecule has 0 saturated heterocycles. The van der Waals surface area contributed by atoms with Crippen molar-refractivity contribution >= 4 is 38.9 Å². The number of hydrogen-bond donors (Lipinski definition) is 2. The molecule has 2 aromatic rings. The molecule has 0 aliphatic heterocycles. The number of halogens is 1. The first-order valence-corrected chi connectivity index (χ1v) is 8.80. The van der Waals surface area contributed by atoms with Crippen LogP contribution in [0.3, 0.4) is 0 Å². The third kappa shape index (κ3) is 5.47. The zero-order valence-corrected chi connectivity index (χ0v) is 16.4. The Balaban J connectivity index is 1.99. The molecule has 0 fully saturated rings. The van der Waals surface area contributed by atoms with Crippen LogP contribution < -0.4 is 15.4 Å². The Kier molecular flexibility index (Phi) is 7.02. The van der Waals surface area contributed by atoms with Gasteiger partial charge in [0.1, 0.15) is 5.75 Å². The minimum absolute atomic E-state index is 0.183. The molecule has 0 amide bonds. The van der Waals surface area contributed by atoms with E-state index in [1.54, 1.807) is 7.11 Å². The van der Waals surface area contributed by atoms with Crippen molar-refractivity contribution in [3.8, 4) is 5.75 Å². The largest absolute Gasteiger partial charge is 0.497 e. The molecule has 2 aromatic carbocycles. The van der Waals surface area contributed by atoms with Crippen LogP contribution in [0, 0.1) is 0 Å². The molecule has 2 rings (SSSR count). The highest BCUT2D eigenvalue weighted by Gasteiger charge is 2.15. The lowest BCUT2D eigenvalue weighted by Crippen LogP contribution is -2.36. The van der Waals surface area contributed by atoms with Gasteiger partial charge in [0.15, 0.2) is 5.11 Å². The Labute approximate surface area is 157 Å². The van der Waals surface area contributed by atoms with Crippen LogP contribution in [0.4, 0.5) is 5.69 Å². The van der Waals surface area contributed by atoms with Crippen LogP contribution in [-0.2, 0) is 0 Å². The number of methoxy groups -OCH3 is 1. The number of anilines is 1. The molecule has 1 atom stereocenters. The van der Waals surface area contributed by atoms with E-state index in [0.29, 0.717) is 11.7 Å². The molecular formula is C18H22BrN3OS. The summed E-state index contributed by atoms with van der Waals surface area (Å²) < 4.78 is 6.33. The van der Waals surface area contributed by atoms with Gasteiger partial charge in [-0.25, -0.2) is 0 Å². The van der Waals surface area contributed by atoms with Crippen LogP contribution in [0.1, 0.15) is 11.6 Å². The van der Waals surface area contributed by atoms with Crippen molar-refractivity contribution in [1.29, 1.82) is 0 Å². The van der Waals surface area contributed by atoms with Gasteiger partial charge in [-0.3, -0.25) is 0 Å². The number of ether oxygens (including phenoxy) is 1. The minimum atomic E-state index is 0.183. The summed E-state index contributed by atoms with van der Waals surface area (Å²) in [7, 11) is 5.78. The van der Waals surface area contributed by atoms with E-state index in [1.807, 2.05) is 36.4 Å². The number of nitrogens with one attached hydrogen (secondary N) is 2. The highest BCUT2D eigenvalue weighted by atomic mass is 79.9. The molecule has 128 valence electrons. The second kappa shape index (κ2) is 9.01. The van der Waals surface area contributed by atoms with Gasteiger partial charge in [-0.15, -0.1) is 0 Å². The third-order valence-corrected chi connectivity index (χ3v) is 4.38. The maximum atomic E-state index is 5.40. The standard InChI is InChI=1S/C18H22BrN3OS/c1-22(2)17(13-6-4-9-16(10-13)23-3)12-20-18(24)21-15-8-5-7-14(19)11-15/h4-11,17H,12H2,1-3H3,(H2,20,21,24)/t17-/m0/s1. The number of likely N-dealkylation sites (N-methyl/N-ethyl adjacent to an activating group) is 1. The van der Waals surface area contributed by atoms with Crippen LogP contribution in [0.15, 0.2) is 53.0 Å². The van der Waals surface area contributed by atoms with Crippen molar-refractivity contribution in [2.75, 3.05) is 33.1 Å². The Bertz CT molecular complexity index is 693. The first-order chi connectivity index (χ1) is 11.5. The molecule has 24 heavy (non-hydrogen) atoms. The quantitative estimate of drug-likeness (QED) is 0.706. The molecule has 0 spiro atoms. The van der Waals surface area contributed by atoms with E-state index in [2.05, 4.69) is 57.7 Å². The summed E-state index contributed by atoms with van der Waals surface area (Å²) in [6.07, 6.45) is 0. The molecule has 6 heteroatoms. The number of benzene rings is 2. The van der Waals surface area contributed by atoms with Crippen molar-refractivity contribution in [2.45, 2.75) is 6.04 Å². The topological polar surface area (TPSA) is 36.5 Å². The Morgan fingerprint density at radius 2 is 1.96 bits per heavy atom. The Morgan fingerprint density at radius 1 is 1.21 bits per heavy atom. The number of thiocarbonyl (C=S) groups is 1. The van der Waals surface area contributed by atoms with Gasteiger partial charge in [-0.05, 0) is 62.2 Å². The maximum Gasteiger partial charge on any atom is 0.170 e. The van der Waals surface area contributed by atoms with Crippen molar-refractivity contribution in [3.05, 3.63) is 58.6 Å². The van der Waals surface area contributed by atoms with E-state index in [4.69, 9.17) is 17.0 Å². The second-order valence-electron chi connectivity index (χ2n) is 5.60. The fourth-order valence-corrected chi connectivity index (χ4v) is 2.98. The van der Waals surface area contributed by atoms with Gasteiger partial charge in [0.25, 0.3) is 0 Å². The van der Waals surface area contributed by atoms with E-state index in [9.17, 15) is 0 Å². The SMILES string of the molecule is COc1cccc([C@H](CNC(=S)Nc2cccc(Br)c2)N(C)C)c1. The predicted molar refractivity (Wildman–Crippen MR) is 108 cm³/mol. The van der Waals surface area contributed by atoms with Crippen LogP contribution in [0.5, 0.6) is 5.75 Å². The van der Waals surface area contributed by atoms with Gasteiger partial charge in [-0.1, -0.05) is 34.1 Å². The zero-order chi connectivity index (χ0) is 17.5. The van der Waals surface area contributed by atoms with Gasteiger partial charge in [0.2, 0.25) is 0 Å². The number of nitrogens with zero attached hydrogens (tertiary/aromatic N) is 1. The molecule has 4 nitrogen and oxygen atoms in total. The summed E-state index contributed by atoms with van der Waals surface area (Å²) in [5, 5.41) is 7.09. The molecule has 2 N–H and O–H groups in total. The normalized spacial score (nSPS) is 11.9. The first kappa shape index (κ1) is 18.7. The van der Waals surface area contributed by atoms with Crippen molar-refractivity contribution < 1.29 is 4.74 Å². The summed E-state index contributed by atoms with van der Waals surface area (Å²) >= 11 is 8.86. The van der Waals surface area contributed by atoms with Gasteiger partial charge in [-0.2, -0.15) is 0 Å². The van der Waals surface area contributed by atoms with Crippen LogP contribution in [-0.4, -0.2) is 37.8 Å². The van der Waals surface area contributed by atoms with E-state index in [-0.39, 0.29) is 6.04 Å². The summed E-state index contributed by atoms with van der Waals surface area (Å²) in [4.78, 5) is 2.16. The van der Waals surface area contributed by atoms with Gasteiger partial charge in [0, 0.05) is 16.7 Å². The molecule has 0 aromatic heterocycles.